The first-order valence-electron chi connectivity index (χ1n) is 5.54. The summed E-state index contributed by atoms with van der Waals surface area (Å²) < 4.78 is 0.954. The van der Waals surface area contributed by atoms with Crippen LogP contribution in [0.1, 0.15) is 0 Å². The van der Waals surface area contributed by atoms with Crippen molar-refractivity contribution in [3.63, 3.8) is 0 Å². The number of halogens is 1. The first-order valence-corrected chi connectivity index (χ1v) is 6.33. The highest BCUT2D eigenvalue weighted by molar-refractivity contribution is 9.10. The smallest absolute Gasteiger partial charge is 0.0703 e. The van der Waals surface area contributed by atoms with Crippen molar-refractivity contribution in [2.24, 2.45) is 0 Å². The van der Waals surface area contributed by atoms with Gasteiger partial charge in [-0.25, -0.2) is 0 Å². The molecule has 1 N–H and O–H groups in total. The van der Waals surface area contributed by atoms with E-state index in [4.69, 9.17) is 0 Å². The number of aromatic nitrogens is 2. The molecule has 2 aromatic heterocycles. The molecular formula is C14H10BrN3. The molecule has 0 aliphatic carbocycles. The molecule has 3 nitrogen and oxygen atoms in total. The lowest BCUT2D eigenvalue weighted by Gasteiger charge is -2.07. The molecule has 18 heavy (non-hydrogen) atoms. The van der Waals surface area contributed by atoms with E-state index in [1.54, 1.807) is 18.6 Å². The molecule has 88 valence electrons. The number of rotatable bonds is 2. The first-order chi connectivity index (χ1) is 8.81. The SMILES string of the molecule is Brc1cncc(Nc2ccc3ncccc3c2)c1. The van der Waals surface area contributed by atoms with Gasteiger partial charge in [0, 0.05) is 27.9 Å². The van der Waals surface area contributed by atoms with Crippen molar-refractivity contribution in [2.45, 2.75) is 0 Å². The maximum atomic E-state index is 4.30. The Labute approximate surface area is 113 Å². The Morgan fingerprint density at radius 1 is 1.00 bits per heavy atom. The Balaban J connectivity index is 1.95. The molecule has 0 amide bonds. The van der Waals surface area contributed by atoms with Crippen LogP contribution in [0.25, 0.3) is 10.9 Å². The lowest BCUT2D eigenvalue weighted by atomic mass is 10.2. The Kier molecular flexibility index (Phi) is 2.94. The molecule has 0 aliphatic rings. The zero-order valence-electron chi connectivity index (χ0n) is 9.47. The van der Waals surface area contributed by atoms with Gasteiger partial charge in [0.2, 0.25) is 0 Å². The van der Waals surface area contributed by atoms with Crippen molar-refractivity contribution < 1.29 is 0 Å². The topological polar surface area (TPSA) is 37.8 Å². The van der Waals surface area contributed by atoms with E-state index in [1.807, 2.05) is 30.3 Å². The van der Waals surface area contributed by atoms with Crippen molar-refractivity contribution in [2.75, 3.05) is 5.32 Å². The monoisotopic (exact) mass is 299 g/mol. The summed E-state index contributed by atoms with van der Waals surface area (Å²) in [5.74, 6) is 0. The molecule has 0 fully saturated rings. The molecular weight excluding hydrogens is 290 g/mol. The molecule has 3 aromatic rings. The maximum absolute atomic E-state index is 4.30. The number of benzene rings is 1. The summed E-state index contributed by atoms with van der Waals surface area (Å²) in [5.41, 5.74) is 2.97. The van der Waals surface area contributed by atoms with Crippen LogP contribution in [0.5, 0.6) is 0 Å². The molecule has 0 bridgehead atoms. The molecule has 2 heterocycles. The van der Waals surface area contributed by atoms with Crippen molar-refractivity contribution in [3.05, 3.63) is 59.5 Å². The molecule has 3 rings (SSSR count). The Morgan fingerprint density at radius 2 is 1.94 bits per heavy atom. The van der Waals surface area contributed by atoms with Crippen LogP contribution in [0.3, 0.4) is 0 Å². The number of nitrogens with zero attached hydrogens (tertiary/aromatic N) is 2. The Bertz CT molecular complexity index is 697. The van der Waals surface area contributed by atoms with Gasteiger partial charge in [-0.1, -0.05) is 6.07 Å². The highest BCUT2D eigenvalue weighted by Crippen LogP contribution is 2.22. The average Bonchev–Trinajstić information content (AvgIpc) is 2.39. The largest absolute Gasteiger partial charge is 0.354 e. The fourth-order valence-electron chi connectivity index (χ4n) is 1.80. The van der Waals surface area contributed by atoms with Crippen LogP contribution in [-0.2, 0) is 0 Å². The molecule has 0 spiro atoms. The number of fused-ring (bicyclic) bond motifs is 1. The van der Waals surface area contributed by atoms with Gasteiger partial charge in [-0.3, -0.25) is 9.97 Å². The van der Waals surface area contributed by atoms with Crippen molar-refractivity contribution in [1.29, 1.82) is 0 Å². The van der Waals surface area contributed by atoms with Crippen molar-refractivity contribution >= 4 is 38.2 Å². The van der Waals surface area contributed by atoms with Crippen molar-refractivity contribution in [3.8, 4) is 0 Å². The van der Waals surface area contributed by atoms with Gasteiger partial charge in [-0.2, -0.15) is 0 Å². The number of hydrogen-bond donors (Lipinski definition) is 1. The van der Waals surface area contributed by atoms with Gasteiger partial charge in [0.25, 0.3) is 0 Å². The second-order valence-corrected chi connectivity index (χ2v) is 4.84. The van der Waals surface area contributed by atoms with E-state index in [0.29, 0.717) is 0 Å². The van der Waals surface area contributed by atoms with E-state index in [1.165, 1.54) is 0 Å². The van der Waals surface area contributed by atoms with Gasteiger partial charge in [0.05, 0.1) is 17.4 Å². The number of nitrogens with one attached hydrogen (secondary N) is 1. The van der Waals surface area contributed by atoms with Gasteiger partial charge in [0.1, 0.15) is 0 Å². The maximum Gasteiger partial charge on any atom is 0.0703 e. The third kappa shape index (κ3) is 2.33. The molecule has 0 aliphatic heterocycles. The third-order valence-corrected chi connectivity index (χ3v) is 3.03. The highest BCUT2D eigenvalue weighted by atomic mass is 79.9. The molecule has 0 unspecified atom stereocenters. The molecule has 0 radical (unpaired) electrons. The molecule has 0 saturated carbocycles. The standard InChI is InChI=1S/C14H10BrN3/c15-11-7-13(9-16-8-11)18-12-3-4-14-10(6-12)2-1-5-17-14/h1-9,18H. The normalized spacial score (nSPS) is 10.5. The van der Waals surface area contributed by atoms with Crippen LogP contribution in [0.2, 0.25) is 0 Å². The van der Waals surface area contributed by atoms with Gasteiger partial charge in [-0.05, 0) is 46.3 Å². The second kappa shape index (κ2) is 4.74. The molecule has 0 saturated heterocycles. The quantitative estimate of drug-likeness (QED) is 0.773. The lowest BCUT2D eigenvalue weighted by Crippen LogP contribution is -1.91. The number of pyridine rings is 2. The minimum atomic E-state index is 0.951. The fraction of sp³-hybridized carbons (Fsp3) is 0. The zero-order chi connectivity index (χ0) is 12.4. The summed E-state index contributed by atoms with van der Waals surface area (Å²) in [6.45, 7) is 0. The van der Waals surface area contributed by atoms with Gasteiger partial charge in [-0.15, -0.1) is 0 Å². The van der Waals surface area contributed by atoms with Crippen LogP contribution >= 0.6 is 15.9 Å². The molecule has 0 atom stereocenters. The van der Waals surface area contributed by atoms with Crippen LogP contribution in [-0.4, -0.2) is 9.97 Å². The zero-order valence-corrected chi connectivity index (χ0v) is 11.1. The van der Waals surface area contributed by atoms with Crippen molar-refractivity contribution in [1.82, 2.24) is 9.97 Å². The Hall–Kier alpha value is -1.94. The average molecular weight is 300 g/mol. The van der Waals surface area contributed by atoms with E-state index in [0.717, 1.165) is 26.8 Å². The third-order valence-electron chi connectivity index (χ3n) is 2.60. The summed E-state index contributed by atoms with van der Waals surface area (Å²) in [6.07, 6.45) is 5.35. The summed E-state index contributed by atoms with van der Waals surface area (Å²) in [4.78, 5) is 8.42. The molecule has 1 aromatic carbocycles. The van der Waals surface area contributed by atoms with Crippen LogP contribution in [0.15, 0.2) is 59.5 Å². The number of anilines is 2. The predicted molar refractivity (Wildman–Crippen MR) is 77.0 cm³/mol. The van der Waals surface area contributed by atoms with E-state index < -0.39 is 0 Å². The van der Waals surface area contributed by atoms with Gasteiger partial charge in [0.15, 0.2) is 0 Å². The molecule has 4 heteroatoms. The second-order valence-electron chi connectivity index (χ2n) is 3.93. The summed E-state index contributed by atoms with van der Waals surface area (Å²) >= 11 is 3.40. The van der Waals surface area contributed by atoms with E-state index in [-0.39, 0.29) is 0 Å². The highest BCUT2D eigenvalue weighted by Gasteiger charge is 1.98. The summed E-state index contributed by atoms with van der Waals surface area (Å²) in [6, 6.07) is 12.1. The van der Waals surface area contributed by atoms with Crippen LogP contribution in [0, 0.1) is 0 Å². The predicted octanol–water partition coefficient (Wildman–Crippen LogP) is 4.14. The lowest BCUT2D eigenvalue weighted by molar-refractivity contribution is 1.30. The van der Waals surface area contributed by atoms with Crippen LogP contribution < -0.4 is 5.32 Å². The minimum Gasteiger partial charge on any atom is -0.354 e. The van der Waals surface area contributed by atoms with E-state index in [9.17, 15) is 0 Å². The summed E-state index contributed by atoms with van der Waals surface area (Å²) in [7, 11) is 0. The van der Waals surface area contributed by atoms with E-state index in [2.05, 4.69) is 37.3 Å². The van der Waals surface area contributed by atoms with Crippen LogP contribution in [0.4, 0.5) is 11.4 Å². The van der Waals surface area contributed by atoms with Gasteiger partial charge < -0.3 is 5.32 Å². The van der Waals surface area contributed by atoms with E-state index >= 15 is 0 Å². The Morgan fingerprint density at radius 3 is 2.83 bits per heavy atom. The number of hydrogen-bond acceptors (Lipinski definition) is 3. The first kappa shape index (κ1) is 11.2. The fourth-order valence-corrected chi connectivity index (χ4v) is 2.17. The van der Waals surface area contributed by atoms with Gasteiger partial charge >= 0.3 is 0 Å². The summed E-state index contributed by atoms with van der Waals surface area (Å²) in [5, 5.41) is 4.43. The minimum absolute atomic E-state index is 0.951.